The van der Waals surface area contributed by atoms with E-state index in [0.717, 1.165) is 41.7 Å². The van der Waals surface area contributed by atoms with Gasteiger partial charge in [0.1, 0.15) is 5.75 Å². The van der Waals surface area contributed by atoms with Crippen molar-refractivity contribution in [1.82, 2.24) is 0 Å². The molecule has 1 aromatic rings. The molecule has 0 radical (unpaired) electrons. The van der Waals surface area contributed by atoms with Crippen molar-refractivity contribution in [3.8, 4) is 5.75 Å². The SMILES string of the molecule is COc1cc(C)c(C(=O)C2(N)CCCC(C)C2)cc1C. The molecule has 0 aromatic heterocycles. The number of nitrogens with two attached hydrogens (primary N) is 1. The number of hydrogen-bond donors (Lipinski definition) is 1. The highest BCUT2D eigenvalue weighted by atomic mass is 16.5. The minimum atomic E-state index is -0.691. The Labute approximate surface area is 121 Å². The van der Waals surface area contributed by atoms with Crippen molar-refractivity contribution < 1.29 is 9.53 Å². The molecule has 1 fully saturated rings. The van der Waals surface area contributed by atoms with Crippen LogP contribution in [0, 0.1) is 19.8 Å². The van der Waals surface area contributed by atoms with Crippen LogP contribution in [0.1, 0.15) is 54.1 Å². The smallest absolute Gasteiger partial charge is 0.182 e. The quantitative estimate of drug-likeness (QED) is 0.860. The summed E-state index contributed by atoms with van der Waals surface area (Å²) in [6.07, 6.45) is 3.79. The van der Waals surface area contributed by atoms with E-state index in [0.29, 0.717) is 5.92 Å². The van der Waals surface area contributed by atoms with Gasteiger partial charge in [-0.25, -0.2) is 0 Å². The largest absolute Gasteiger partial charge is 0.496 e. The molecule has 3 nitrogen and oxygen atoms in total. The summed E-state index contributed by atoms with van der Waals surface area (Å²) in [6, 6.07) is 3.85. The second kappa shape index (κ2) is 5.57. The fourth-order valence-corrected chi connectivity index (χ4v) is 3.32. The van der Waals surface area contributed by atoms with Crippen LogP contribution in [-0.2, 0) is 0 Å². The van der Waals surface area contributed by atoms with Gasteiger partial charge in [-0.1, -0.05) is 19.8 Å². The Balaban J connectivity index is 2.36. The van der Waals surface area contributed by atoms with E-state index in [-0.39, 0.29) is 5.78 Å². The van der Waals surface area contributed by atoms with Crippen LogP contribution < -0.4 is 10.5 Å². The average molecular weight is 275 g/mol. The van der Waals surface area contributed by atoms with Crippen LogP contribution in [0.25, 0.3) is 0 Å². The summed E-state index contributed by atoms with van der Waals surface area (Å²) < 4.78 is 5.31. The molecule has 2 unspecified atom stereocenters. The third-order valence-corrected chi connectivity index (χ3v) is 4.47. The minimum Gasteiger partial charge on any atom is -0.496 e. The summed E-state index contributed by atoms with van der Waals surface area (Å²) in [5.41, 5.74) is 8.42. The first kappa shape index (κ1) is 15.0. The van der Waals surface area contributed by atoms with Gasteiger partial charge in [-0.05, 0) is 55.9 Å². The van der Waals surface area contributed by atoms with E-state index >= 15 is 0 Å². The van der Waals surface area contributed by atoms with Crippen molar-refractivity contribution in [1.29, 1.82) is 0 Å². The lowest BCUT2D eigenvalue weighted by Crippen LogP contribution is -2.51. The van der Waals surface area contributed by atoms with Gasteiger partial charge < -0.3 is 10.5 Å². The maximum absolute atomic E-state index is 12.9. The molecule has 0 aliphatic heterocycles. The first-order chi connectivity index (χ1) is 9.37. The number of hydrogen-bond acceptors (Lipinski definition) is 3. The number of rotatable bonds is 3. The predicted octanol–water partition coefficient (Wildman–Crippen LogP) is 3.40. The van der Waals surface area contributed by atoms with Gasteiger partial charge >= 0.3 is 0 Å². The number of methoxy groups -OCH3 is 1. The van der Waals surface area contributed by atoms with Crippen LogP contribution in [0.4, 0.5) is 0 Å². The molecule has 1 aromatic carbocycles. The van der Waals surface area contributed by atoms with Gasteiger partial charge in [-0.2, -0.15) is 0 Å². The standard InChI is InChI=1S/C17H25NO2/c1-11-6-5-7-17(18,10-11)16(19)14-8-13(3)15(20-4)9-12(14)2/h8-9,11H,5-7,10,18H2,1-4H3. The number of carbonyl (C=O) groups is 1. The van der Waals surface area contributed by atoms with E-state index in [2.05, 4.69) is 6.92 Å². The van der Waals surface area contributed by atoms with Gasteiger partial charge in [-0.15, -0.1) is 0 Å². The van der Waals surface area contributed by atoms with E-state index < -0.39 is 5.54 Å². The summed E-state index contributed by atoms with van der Waals surface area (Å²) in [5, 5.41) is 0. The summed E-state index contributed by atoms with van der Waals surface area (Å²) in [7, 11) is 1.65. The highest BCUT2D eigenvalue weighted by Gasteiger charge is 2.38. The molecule has 2 rings (SSSR count). The van der Waals surface area contributed by atoms with Gasteiger partial charge in [0.05, 0.1) is 12.6 Å². The van der Waals surface area contributed by atoms with Crippen LogP contribution in [-0.4, -0.2) is 18.4 Å². The molecule has 1 aliphatic rings. The zero-order valence-corrected chi connectivity index (χ0v) is 13.0. The second-order valence-electron chi connectivity index (χ2n) is 6.32. The maximum atomic E-state index is 12.9. The number of ether oxygens (including phenoxy) is 1. The van der Waals surface area contributed by atoms with Gasteiger partial charge in [0.25, 0.3) is 0 Å². The molecule has 1 aliphatic carbocycles. The van der Waals surface area contributed by atoms with Crippen molar-refractivity contribution in [2.45, 2.75) is 52.0 Å². The lowest BCUT2D eigenvalue weighted by molar-refractivity contribution is 0.0819. The maximum Gasteiger partial charge on any atom is 0.182 e. The molecule has 1 saturated carbocycles. The summed E-state index contributed by atoms with van der Waals surface area (Å²) >= 11 is 0. The van der Waals surface area contributed by atoms with Gasteiger partial charge in [-0.3, -0.25) is 4.79 Å². The van der Waals surface area contributed by atoms with E-state index in [1.165, 1.54) is 6.42 Å². The van der Waals surface area contributed by atoms with Gasteiger partial charge in [0, 0.05) is 5.56 Å². The van der Waals surface area contributed by atoms with Crippen molar-refractivity contribution >= 4 is 5.78 Å². The molecule has 2 N–H and O–H groups in total. The molecular formula is C17H25NO2. The Morgan fingerprint density at radius 3 is 2.65 bits per heavy atom. The number of aryl methyl sites for hydroxylation is 2. The van der Waals surface area contributed by atoms with E-state index in [1.54, 1.807) is 7.11 Å². The third-order valence-electron chi connectivity index (χ3n) is 4.47. The fraction of sp³-hybridized carbons (Fsp3) is 0.588. The lowest BCUT2D eigenvalue weighted by atomic mass is 9.72. The van der Waals surface area contributed by atoms with Gasteiger partial charge in [0.15, 0.2) is 5.78 Å². The molecular weight excluding hydrogens is 250 g/mol. The Hall–Kier alpha value is -1.35. The predicted molar refractivity (Wildman–Crippen MR) is 81.3 cm³/mol. The number of carbonyl (C=O) groups excluding carboxylic acids is 1. The van der Waals surface area contributed by atoms with E-state index in [4.69, 9.17) is 10.5 Å². The molecule has 0 heterocycles. The Morgan fingerprint density at radius 1 is 1.35 bits per heavy atom. The number of benzene rings is 1. The van der Waals surface area contributed by atoms with Crippen LogP contribution in [0.15, 0.2) is 12.1 Å². The molecule has 2 atom stereocenters. The Morgan fingerprint density at radius 2 is 2.05 bits per heavy atom. The normalized spacial score (nSPS) is 26.4. The molecule has 3 heteroatoms. The third kappa shape index (κ3) is 2.73. The van der Waals surface area contributed by atoms with E-state index in [9.17, 15) is 4.79 Å². The average Bonchev–Trinajstić information content (AvgIpc) is 2.39. The summed E-state index contributed by atoms with van der Waals surface area (Å²) in [4.78, 5) is 12.9. The number of Topliss-reactive ketones (excluding diaryl/α,β-unsaturated/α-hetero) is 1. The fourth-order valence-electron chi connectivity index (χ4n) is 3.32. The van der Waals surface area contributed by atoms with Crippen molar-refractivity contribution in [2.24, 2.45) is 11.7 Å². The Kier molecular flexibility index (Phi) is 4.19. The zero-order valence-electron chi connectivity index (χ0n) is 13.0. The summed E-state index contributed by atoms with van der Waals surface area (Å²) in [6.45, 7) is 6.09. The van der Waals surface area contributed by atoms with Crippen LogP contribution >= 0.6 is 0 Å². The lowest BCUT2D eigenvalue weighted by Gasteiger charge is -2.35. The monoisotopic (exact) mass is 275 g/mol. The van der Waals surface area contributed by atoms with Crippen molar-refractivity contribution in [2.75, 3.05) is 7.11 Å². The zero-order chi connectivity index (χ0) is 14.9. The topological polar surface area (TPSA) is 52.3 Å². The van der Waals surface area contributed by atoms with Crippen molar-refractivity contribution in [3.63, 3.8) is 0 Å². The molecule has 0 spiro atoms. The molecule has 0 bridgehead atoms. The van der Waals surface area contributed by atoms with Crippen LogP contribution in [0.2, 0.25) is 0 Å². The highest BCUT2D eigenvalue weighted by molar-refractivity contribution is 6.04. The minimum absolute atomic E-state index is 0.0901. The van der Waals surface area contributed by atoms with Crippen molar-refractivity contribution in [3.05, 3.63) is 28.8 Å². The second-order valence-corrected chi connectivity index (χ2v) is 6.32. The molecule has 110 valence electrons. The first-order valence-corrected chi connectivity index (χ1v) is 7.36. The number of ketones is 1. The van der Waals surface area contributed by atoms with Crippen LogP contribution in [0.3, 0.4) is 0 Å². The van der Waals surface area contributed by atoms with E-state index in [1.807, 2.05) is 26.0 Å². The molecule has 0 amide bonds. The first-order valence-electron chi connectivity index (χ1n) is 7.36. The Bertz CT molecular complexity index is 524. The molecule has 0 saturated heterocycles. The van der Waals surface area contributed by atoms with Gasteiger partial charge in [0.2, 0.25) is 0 Å². The molecule has 20 heavy (non-hydrogen) atoms. The van der Waals surface area contributed by atoms with Crippen LogP contribution in [0.5, 0.6) is 5.75 Å². The summed E-state index contributed by atoms with van der Waals surface area (Å²) in [5.74, 6) is 1.44. The highest BCUT2D eigenvalue weighted by Crippen LogP contribution is 2.34.